The molecule has 12 heteroatoms. The number of aromatic nitrogens is 3. The zero-order valence-electron chi connectivity index (χ0n) is 18.8. The summed E-state index contributed by atoms with van der Waals surface area (Å²) in [5, 5.41) is 21.0. The lowest BCUT2D eigenvalue weighted by molar-refractivity contribution is -0.229. The van der Waals surface area contributed by atoms with Crippen LogP contribution in [0.1, 0.15) is 32.3 Å². The van der Waals surface area contributed by atoms with Gasteiger partial charge in [-0.15, -0.1) is 0 Å². The predicted molar refractivity (Wildman–Crippen MR) is 126 cm³/mol. The maximum absolute atomic E-state index is 13.8. The number of carbonyl (C=O) groups excluding carboxylic acids is 2. The number of nitrogens with zero attached hydrogens (tertiary/aromatic N) is 5. The van der Waals surface area contributed by atoms with Crippen LogP contribution in [0.4, 0.5) is 5.69 Å². The molecule has 4 heterocycles. The fourth-order valence-electron chi connectivity index (χ4n) is 5.09. The fourth-order valence-corrected chi connectivity index (χ4v) is 5.77. The summed E-state index contributed by atoms with van der Waals surface area (Å²) in [5.41, 5.74) is -0.00642. The van der Waals surface area contributed by atoms with Crippen LogP contribution in [-0.4, -0.2) is 48.6 Å². The van der Waals surface area contributed by atoms with Gasteiger partial charge in [-0.3, -0.25) is 9.59 Å². The molecule has 1 N–H and O–H groups in total. The second-order valence-corrected chi connectivity index (χ2v) is 9.63. The molecule has 2 aliphatic heterocycles. The lowest BCUT2D eigenvalue weighted by Gasteiger charge is -2.34. The maximum atomic E-state index is 13.8. The molecule has 1 aromatic carbocycles. The van der Waals surface area contributed by atoms with Gasteiger partial charge in [0, 0.05) is 18.7 Å². The number of pyridine rings is 1. The monoisotopic (exact) mass is 513 g/mol. The second kappa shape index (κ2) is 8.49. The van der Waals surface area contributed by atoms with Crippen molar-refractivity contribution in [2.45, 2.75) is 38.1 Å². The van der Waals surface area contributed by atoms with Crippen molar-refractivity contribution >= 4 is 51.9 Å². The molecular weight excluding hydrogens is 494 g/mol. The normalized spacial score (nSPS) is 27.9. The number of anilines is 1. The number of nitriles is 1. The molecular formula is C23H20ClN5O5S. The van der Waals surface area contributed by atoms with E-state index >= 15 is 0 Å². The van der Waals surface area contributed by atoms with Gasteiger partial charge in [-0.2, -0.15) is 14.0 Å². The summed E-state index contributed by atoms with van der Waals surface area (Å²) in [4.78, 5) is 32.5. The number of halogens is 1. The number of amides is 2. The van der Waals surface area contributed by atoms with E-state index < -0.39 is 35.0 Å². The average Bonchev–Trinajstić information content (AvgIpc) is 3.49. The molecule has 35 heavy (non-hydrogen) atoms. The number of rotatable bonds is 6. The van der Waals surface area contributed by atoms with Crippen LogP contribution < -0.4 is 9.64 Å². The highest BCUT2D eigenvalue weighted by Crippen LogP contribution is 2.54. The van der Waals surface area contributed by atoms with Crippen molar-refractivity contribution in [1.82, 2.24) is 13.7 Å². The number of ether oxygens (including phenoxy) is 2. The first-order valence-corrected chi connectivity index (χ1v) is 12.0. The summed E-state index contributed by atoms with van der Waals surface area (Å²) in [5.74, 6) is -4.64. The standard InChI is InChI=1S/C23H20ClN5O5S/c1-3-23(8-9-33-15-7-5-13(24)11-26-15)17-16(22(2,32)34-23)20(30)29(21(17)31)14-6-4-12(10-25)18-19(14)28-35-27-18/h4-7,11,16-17,32H,3,8-9H2,1-2H3/t16-,17+,22?,23?/m1/s1. The number of aliphatic hydroxyl groups is 1. The van der Waals surface area contributed by atoms with E-state index in [9.17, 15) is 20.0 Å². The Kier molecular flexibility index (Phi) is 5.72. The van der Waals surface area contributed by atoms with Gasteiger partial charge >= 0.3 is 0 Å². The zero-order valence-corrected chi connectivity index (χ0v) is 20.3. The van der Waals surface area contributed by atoms with Crippen LogP contribution in [0.25, 0.3) is 11.0 Å². The van der Waals surface area contributed by atoms with Gasteiger partial charge in [-0.25, -0.2) is 9.88 Å². The minimum atomic E-state index is -1.87. The number of hydrogen-bond donors (Lipinski definition) is 1. The summed E-state index contributed by atoms with van der Waals surface area (Å²) in [7, 11) is 0. The molecule has 2 aliphatic rings. The van der Waals surface area contributed by atoms with Gasteiger partial charge in [0.1, 0.15) is 23.0 Å². The highest BCUT2D eigenvalue weighted by atomic mass is 35.5. The highest BCUT2D eigenvalue weighted by Gasteiger charge is 2.70. The summed E-state index contributed by atoms with van der Waals surface area (Å²) in [6.45, 7) is 3.38. The van der Waals surface area contributed by atoms with Gasteiger partial charge in [-0.05, 0) is 31.5 Å². The van der Waals surface area contributed by atoms with E-state index in [1.165, 1.54) is 25.3 Å². The third-order valence-corrected chi connectivity index (χ3v) is 7.44. The Bertz CT molecular complexity index is 1370. The van der Waals surface area contributed by atoms with Crippen molar-refractivity contribution in [3.8, 4) is 11.9 Å². The number of carbonyl (C=O) groups is 2. The van der Waals surface area contributed by atoms with Crippen molar-refractivity contribution in [3.63, 3.8) is 0 Å². The first-order valence-electron chi connectivity index (χ1n) is 10.9. The summed E-state index contributed by atoms with van der Waals surface area (Å²) >= 11 is 6.75. The van der Waals surface area contributed by atoms with Crippen LogP contribution in [0.15, 0.2) is 30.5 Å². The molecule has 5 rings (SSSR count). The number of hydrogen-bond acceptors (Lipinski definition) is 10. The molecule has 2 saturated heterocycles. The summed E-state index contributed by atoms with van der Waals surface area (Å²) in [6.07, 6.45) is 2.05. The van der Waals surface area contributed by atoms with Crippen LogP contribution in [0, 0.1) is 23.2 Å². The molecule has 3 aromatic rings. The van der Waals surface area contributed by atoms with Crippen molar-refractivity contribution in [1.29, 1.82) is 5.26 Å². The Labute approximate surface area is 209 Å². The molecule has 2 aromatic heterocycles. The van der Waals surface area contributed by atoms with Crippen molar-refractivity contribution in [3.05, 3.63) is 41.0 Å². The zero-order chi connectivity index (χ0) is 25.0. The van der Waals surface area contributed by atoms with Crippen molar-refractivity contribution in [2.24, 2.45) is 11.8 Å². The average molecular weight is 514 g/mol. The third-order valence-electron chi connectivity index (χ3n) is 6.69. The van der Waals surface area contributed by atoms with Gasteiger partial charge in [0.25, 0.3) is 0 Å². The first kappa shape index (κ1) is 23.6. The van der Waals surface area contributed by atoms with Crippen molar-refractivity contribution in [2.75, 3.05) is 11.5 Å². The van der Waals surface area contributed by atoms with Crippen LogP contribution in [0.5, 0.6) is 5.88 Å². The SMILES string of the molecule is CCC1(CCOc2ccc(Cl)cn2)OC(C)(O)[C@H]2C(=O)N(c3ccc(C#N)c4nsnc34)C(=O)[C@H]21. The molecule has 10 nitrogen and oxygen atoms in total. The largest absolute Gasteiger partial charge is 0.478 e. The van der Waals surface area contributed by atoms with Gasteiger partial charge in [0.05, 0.1) is 46.1 Å². The van der Waals surface area contributed by atoms with Crippen molar-refractivity contribution < 1.29 is 24.2 Å². The Morgan fingerprint density at radius 3 is 2.66 bits per heavy atom. The summed E-state index contributed by atoms with van der Waals surface area (Å²) < 4.78 is 20.1. The van der Waals surface area contributed by atoms with Gasteiger partial charge in [0.15, 0.2) is 5.79 Å². The van der Waals surface area contributed by atoms with E-state index in [1.807, 2.05) is 13.0 Å². The van der Waals surface area contributed by atoms with Gasteiger partial charge in [-0.1, -0.05) is 18.5 Å². The lowest BCUT2D eigenvalue weighted by atomic mass is 9.77. The minimum absolute atomic E-state index is 0.139. The van der Waals surface area contributed by atoms with Gasteiger partial charge in [0.2, 0.25) is 17.7 Å². The van der Waals surface area contributed by atoms with E-state index in [1.54, 1.807) is 12.1 Å². The Morgan fingerprint density at radius 1 is 1.23 bits per heavy atom. The van der Waals surface area contributed by atoms with E-state index in [0.717, 1.165) is 16.6 Å². The molecule has 0 saturated carbocycles. The third kappa shape index (κ3) is 3.65. The smallest absolute Gasteiger partial charge is 0.243 e. The lowest BCUT2D eigenvalue weighted by Crippen LogP contribution is -2.45. The molecule has 4 atom stereocenters. The van der Waals surface area contributed by atoms with Crippen LogP contribution in [0.3, 0.4) is 0 Å². The highest BCUT2D eigenvalue weighted by molar-refractivity contribution is 7.00. The first-order chi connectivity index (χ1) is 16.7. The van der Waals surface area contributed by atoms with Crippen LogP contribution >= 0.6 is 23.3 Å². The molecule has 0 spiro atoms. The van der Waals surface area contributed by atoms with E-state index in [-0.39, 0.29) is 24.2 Å². The van der Waals surface area contributed by atoms with E-state index in [2.05, 4.69) is 13.7 Å². The quantitative estimate of drug-likeness (QED) is 0.492. The predicted octanol–water partition coefficient (Wildman–Crippen LogP) is 3.07. The number of benzene rings is 1. The van der Waals surface area contributed by atoms with E-state index in [4.69, 9.17) is 21.1 Å². The number of fused-ring (bicyclic) bond motifs is 2. The molecule has 0 radical (unpaired) electrons. The van der Waals surface area contributed by atoms with Gasteiger partial charge < -0.3 is 14.6 Å². The Hall–Kier alpha value is -3.17. The molecule has 2 fully saturated rings. The van der Waals surface area contributed by atoms with Crippen LogP contribution in [-0.2, 0) is 14.3 Å². The maximum Gasteiger partial charge on any atom is 0.243 e. The molecule has 2 amide bonds. The Morgan fingerprint density at radius 2 is 1.97 bits per heavy atom. The molecule has 180 valence electrons. The second-order valence-electron chi connectivity index (χ2n) is 8.66. The Balaban J connectivity index is 1.48. The minimum Gasteiger partial charge on any atom is -0.478 e. The van der Waals surface area contributed by atoms with E-state index in [0.29, 0.717) is 28.4 Å². The van der Waals surface area contributed by atoms with Crippen LogP contribution in [0.2, 0.25) is 5.02 Å². The number of imide groups is 1. The molecule has 2 unspecified atom stereocenters. The molecule has 0 aliphatic carbocycles. The molecule has 0 bridgehead atoms. The topological polar surface area (TPSA) is 139 Å². The fraction of sp³-hybridized carbons (Fsp3) is 0.391. The summed E-state index contributed by atoms with van der Waals surface area (Å²) in [6, 6.07) is 8.33.